The minimum Gasteiger partial charge on any atom is -0.369 e. The molecule has 0 saturated carbocycles. The van der Waals surface area contributed by atoms with Gasteiger partial charge in [-0.2, -0.15) is 0 Å². The molecule has 0 saturated heterocycles. The topological polar surface area (TPSA) is 68.1 Å². The van der Waals surface area contributed by atoms with Crippen LogP contribution in [-0.2, 0) is 0 Å². The second-order valence-corrected chi connectivity index (χ2v) is 3.95. The van der Waals surface area contributed by atoms with Crippen molar-refractivity contribution in [1.82, 2.24) is 4.98 Å². The van der Waals surface area contributed by atoms with Gasteiger partial charge in [0.15, 0.2) is 0 Å². The van der Waals surface area contributed by atoms with Gasteiger partial charge in [-0.25, -0.2) is 4.39 Å². The fraction of sp³-hybridized carbons (Fsp3) is 0.154. The van der Waals surface area contributed by atoms with Crippen molar-refractivity contribution in [3.63, 3.8) is 0 Å². The molecular weight excluding hydrogens is 249 g/mol. The summed E-state index contributed by atoms with van der Waals surface area (Å²) in [7, 11) is 0. The van der Waals surface area contributed by atoms with Crippen molar-refractivity contribution >= 4 is 5.69 Å². The normalized spacial score (nSPS) is 11.8. The summed E-state index contributed by atoms with van der Waals surface area (Å²) in [4.78, 5) is 14.3. The molecule has 1 aromatic carbocycles. The number of anilines is 1. The van der Waals surface area contributed by atoms with Gasteiger partial charge < -0.3 is 5.32 Å². The molecule has 98 valence electrons. The predicted octanol–water partition coefficient (Wildman–Crippen LogP) is 2.65. The van der Waals surface area contributed by atoms with Gasteiger partial charge in [-0.3, -0.25) is 15.1 Å². The summed E-state index contributed by atoms with van der Waals surface area (Å²) < 4.78 is 13.6. The van der Waals surface area contributed by atoms with Crippen LogP contribution >= 0.6 is 0 Å². The highest BCUT2D eigenvalue weighted by Gasteiger charge is 2.19. The first kappa shape index (κ1) is 12.9. The Morgan fingerprint density at radius 3 is 2.63 bits per heavy atom. The van der Waals surface area contributed by atoms with E-state index < -0.39 is 16.8 Å². The Balaban J connectivity index is 2.24. The molecule has 0 amide bonds. The number of aromatic nitrogens is 1. The molecule has 0 spiro atoms. The fourth-order valence-electron chi connectivity index (χ4n) is 1.71. The fourth-order valence-corrected chi connectivity index (χ4v) is 1.71. The van der Waals surface area contributed by atoms with Crippen LogP contribution in [0.25, 0.3) is 0 Å². The van der Waals surface area contributed by atoms with Gasteiger partial charge in [-0.15, -0.1) is 0 Å². The lowest BCUT2D eigenvalue weighted by Gasteiger charge is -2.16. The molecule has 2 aromatic rings. The van der Waals surface area contributed by atoms with Crippen LogP contribution in [-0.4, -0.2) is 16.5 Å². The first-order valence-corrected chi connectivity index (χ1v) is 5.70. The summed E-state index contributed by atoms with van der Waals surface area (Å²) in [5.74, 6) is -0.452. The van der Waals surface area contributed by atoms with E-state index in [0.717, 1.165) is 0 Å². The SMILES string of the molecule is O=[N+]([O-])CC(Nc1ccccc1F)c1ccccn1. The van der Waals surface area contributed by atoms with Crippen molar-refractivity contribution in [2.75, 3.05) is 11.9 Å². The van der Waals surface area contributed by atoms with Crippen molar-refractivity contribution < 1.29 is 9.31 Å². The molecule has 0 fully saturated rings. The summed E-state index contributed by atoms with van der Waals surface area (Å²) in [5, 5.41) is 13.5. The van der Waals surface area contributed by atoms with Gasteiger partial charge in [-0.1, -0.05) is 18.2 Å². The zero-order valence-electron chi connectivity index (χ0n) is 9.99. The van der Waals surface area contributed by atoms with Gasteiger partial charge >= 0.3 is 0 Å². The molecule has 0 aliphatic rings. The van der Waals surface area contributed by atoms with Crippen LogP contribution in [0.5, 0.6) is 0 Å². The Kier molecular flexibility index (Phi) is 4.02. The summed E-state index contributed by atoms with van der Waals surface area (Å²) >= 11 is 0. The number of nitrogens with one attached hydrogen (secondary N) is 1. The van der Waals surface area contributed by atoms with Crippen LogP contribution in [0.15, 0.2) is 48.7 Å². The van der Waals surface area contributed by atoms with E-state index in [2.05, 4.69) is 10.3 Å². The van der Waals surface area contributed by atoms with Crippen molar-refractivity contribution in [2.45, 2.75) is 6.04 Å². The number of hydrogen-bond donors (Lipinski definition) is 1. The molecule has 19 heavy (non-hydrogen) atoms. The number of para-hydroxylation sites is 1. The first-order valence-electron chi connectivity index (χ1n) is 5.70. The molecular formula is C13H12FN3O2. The average Bonchev–Trinajstić information content (AvgIpc) is 2.41. The van der Waals surface area contributed by atoms with Gasteiger partial charge in [0.25, 0.3) is 0 Å². The van der Waals surface area contributed by atoms with E-state index in [-0.39, 0.29) is 12.2 Å². The smallest absolute Gasteiger partial charge is 0.229 e. The number of hydrogen-bond acceptors (Lipinski definition) is 4. The molecule has 0 aliphatic carbocycles. The number of halogens is 1. The van der Waals surface area contributed by atoms with Crippen LogP contribution in [0.3, 0.4) is 0 Å². The molecule has 5 nitrogen and oxygen atoms in total. The maximum Gasteiger partial charge on any atom is 0.229 e. The van der Waals surface area contributed by atoms with Gasteiger partial charge in [0.1, 0.15) is 11.9 Å². The quantitative estimate of drug-likeness (QED) is 0.663. The highest BCUT2D eigenvalue weighted by molar-refractivity contribution is 5.46. The zero-order valence-corrected chi connectivity index (χ0v) is 9.99. The van der Waals surface area contributed by atoms with E-state index in [0.29, 0.717) is 5.69 Å². The van der Waals surface area contributed by atoms with Gasteiger partial charge in [0, 0.05) is 11.1 Å². The monoisotopic (exact) mass is 261 g/mol. The molecule has 2 rings (SSSR count). The Morgan fingerprint density at radius 1 is 1.26 bits per heavy atom. The molecule has 0 bridgehead atoms. The average molecular weight is 261 g/mol. The first-order chi connectivity index (χ1) is 9.16. The molecule has 1 heterocycles. The molecule has 1 N–H and O–H groups in total. The van der Waals surface area contributed by atoms with E-state index in [4.69, 9.17) is 0 Å². The Bertz CT molecular complexity index is 563. The highest BCUT2D eigenvalue weighted by atomic mass is 19.1. The third kappa shape index (κ3) is 3.48. The van der Waals surface area contributed by atoms with E-state index in [1.165, 1.54) is 12.1 Å². The van der Waals surface area contributed by atoms with E-state index in [1.54, 1.807) is 36.5 Å². The molecule has 1 atom stereocenters. The third-order valence-electron chi connectivity index (χ3n) is 2.58. The molecule has 6 heteroatoms. The van der Waals surface area contributed by atoms with Crippen molar-refractivity contribution in [1.29, 1.82) is 0 Å². The number of nitro groups is 1. The zero-order chi connectivity index (χ0) is 13.7. The molecule has 1 unspecified atom stereocenters. The van der Waals surface area contributed by atoms with E-state index in [9.17, 15) is 14.5 Å². The Hall–Kier alpha value is -2.50. The number of pyridine rings is 1. The van der Waals surface area contributed by atoms with Crippen LogP contribution < -0.4 is 5.32 Å². The van der Waals surface area contributed by atoms with Crippen LogP contribution in [0.1, 0.15) is 11.7 Å². The van der Waals surface area contributed by atoms with Crippen LogP contribution in [0, 0.1) is 15.9 Å². The minimum atomic E-state index is -0.673. The highest BCUT2D eigenvalue weighted by Crippen LogP contribution is 2.20. The number of benzene rings is 1. The van der Waals surface area contributed by atoms with Crippen LogP contribution in [0.4, 0.5) is 10.1 Å². The maximum absolute atomic E-state index is 13.6. The van der Waals surface area contributed by atoms with Crippen LogP contribution in [0.2, 0.25) is 0 Å². The lowest BCUT2D eigenvalue weighted by molar-refractivity contribution is -0.482. The van der Waals surface area contributed by atoms with E-state index >= 15 is 0 Å². The summed E-state index contributed by atoms with van der Waals surface area (Å²) in [6.07, 6.45) is 1.55. The molecule has 1 aromatic heterocycles. The summed E-state index contributed by atoms with van der Waals surface area (Å²) in [6, 6.07) is 10.5. The van der Waals surface area contributed by atoms with Crippen molar-refractivity contribution in [2.24, 2.45) is 0 Å². The van der Waals surface area contributed by atoms with Gasteiger partial charge in [0.05, 0.1) is 11.4 Å². The second-order valence-electron chi connectivity index (χ2n) is 3.95. The Morgan fingerprint density at radius 2 is 2.00 bits per heavy atom. The summed E-state index contributed by atoms with van der Waals surface area (Å²) in [6.45, 7) is -0.370. The molecule has 0 radical (unpaired) electrons. The van der Waals surface area contributed by atoms with Gasteiger partial charge in [-0.05, 0) is 24.3 Å². The van der Waals surface area contributed by atoms with Crippen molar-refractivity contribution in [3.8, 4) is 0 Å². The standard InChI is InChI=1S/C13H12FN3O2/c14-10-5-1-2-6-11(10)16-13(9-17(18)19)12-7-3-4-8-15-12/h1-8,13,16H,9H2. The summed E-state index contributed by atoms with van der Waals surface area (Å²) in [5.41, 5.74) is 0.724. The maximum atomic E-state index is 13.6. The molecule has 0 aliphatic heterocycles. The number of nitrogens with zero attached hydrogens (tertiary/aromatic N) is 2. The Labute approximate surface area is 109 Å². The van der Waals surface area contributed by atoms with Gasteiger partial charge in [0.2, 0.25) is 6.54 Å². The number of rotatable bonds is 5. The third-order valence-corrected chi connectivity index (χ3v) is 2.58. The largest absolute Gasteiger partial charge is 0.369 e. The van der Waals surface area contributed by atoms with E-state index in [1.807, 2.05) is 0 Å². The van der Waals surface area contributed by atoms with Crippen molar-refractivity contribution in [3.05, 3.63) is 70.3 Å². The lowest BCUT2D eigenvalue weighted by Crippen LogP contribution is -2.21. The lowest BCUT2D eigenvalue weighted by atomic mass is 10.1. The predicted molar refractivity (Wildman–Crippen MR) is 68.9 cm³/mol. The minimum absolute atomic E-state index is 0.222. The second kappa shape index (κ2) is 5.90.